The molecule has 0 fully saturated rings. The van der Waals surface area contributed by atoms with Crippen LogP contribution in [-0.2, 0) is 16.4 Å². The van der Waals surface area contributed by atoms with Gasteiger partial charge < -0.3 is 5.32 Å². The molecule has 1 aromatic heterocycles. The Morgan fingerprint density at radius 1 is 1.15 bits per heavy atom. The summed E-state index contributed by atoms with van der Waals surface area (Å²) in [7, 11) is 1.43. The Bertz CT molecular complexity index is 938. The summed E-state index contributed by atoms with van der Waals surface area (Å²) in [5.41, 5.74) is 1.46. The number of anilines is 1. The monoisotopic (exact) mass is 390 g/mol. The molecule has 0 radical (unpaired) electrons. The molecule has 0 spiro atoms. The van der Waals surface area contributed by atoms with Crippen LogP contribution in [0.3, 0.4) is 0 Å². The van der Waals surface area contributed by atoms with Crippen molar-refractivity contribution in [3.8, 4) is 11.3 Å². The molecular formula is C19H16F2N2O3S. The lowest BCUT2D eigenvalue weighted by Gasteiger charge is -2.08. The van der Waals surface area contributed by atoms with E-state index in [0.717, 1.165) is 33.3 Å². The van der Waals surface area contributed by atoms with Crippen molar-refractivity contribution in [3.63, 3.8) is 0 Å². The zero-order chi connectivity index (χ0) is 19.4. The van der Waals surface area contributed by atoms with E-state index in [1.165, 1.54) is 24.5 Å². The van der Waals surface area contributed by atoms with Crippen molar-refractivity contribution in [2.75, 3.05) is 12.4 Å². The maximum absolute atomic E-state index is 13.7. The fourth-order valence-corrected chi connectivity index (χ4v) is 3.37. The first-order chi connectivity index (χ1) is 13.0. The summed E-state index contributed by atoms with van der Waals surface area (Å²) in [5, 5.41) is 3.27. The Kier molecular flexibility index (Phi) is 5.90. The quantitative estimate of drug-likeness (QED) is 0.488. The number of nitrogens with zero attached hydrogens (tertiary/aromatic N) is 1. The van der Waals surface area contributed by atoms with Crippen LogP contribution in [-0.4, -0.2) is 18.0 Å². The molecule has 2 aromatic carbocycles. The number of hydrogen-bond donors (Lipinski definition) is 1. The summed E-state index contributed by atoms with van der Waals surface area (Å²) in [6.45, 7) is 2.20. The number of amides is 1. The molecule has 140 valence electrons. The van der Waals surface area contributed by atoms with Crippen LogP contribution >= 0.6 is 11.3 Å². The maximum Gasteiger partial charge on any atom is 0.261 e. The third-order valence-corrected chi connectivity index (χ3v) is 4.69. The van der Waals surface area contributed by atoms with Crippen molar-refractivity contribution in [1.82, 2.24) is 4.98 Å². The summed E-state index contributed by atoms with van der Waals surface area (Å²) < 4.78 is 27.4. The number of aromatic nitrogens is 1. The summed E-state index contributed by atoms with van der Waals surface area (Å²) in [5.74, 6) is -2.66. The fourth-order valence-electron chi connectivity index (χ4n) is 2.51. The SMILES string of the molecule is COOCc1nc(-c2ccc(NC(=O)c3c(F)cccc3F)cc2)c(C)s1. The predicted molar refractivity (Wildman–Crippen MR) is 98.4 cm³/mol. The first-order valence-electron chi connectivity index (χ1n) is 7.97. The van der Waals surface area contributed by atoms with Crippen LogP contribution in [0.1, 0.15) is 20.2 Å². The smallest absolute Gasteiger partial charge is 0.261 e. The highest BCUT2D eigenvalue weighted by atomic mass is 32.1. The van der Waals surface area contributed by atoms with Crippen LogP contribution < -0.4 is 5.32 Å². The first kappa shape index (κ1) is 19.1. The normalized spacial score (nSPS) is 10.8. The molecule has 0 saturated heterocycles. The number of rotatable bonds is 6. The molecule has 0 unspecified atom stereocenters. The van der Waals surface area contributed by atoms with Gasteiger partial charge in [-0.05, 0) is 31.2 Å². The molecule has 1 amide bonds. The molecular weight excluding hydrogens is 374 g/mol. The maximum atomic E-state index is 13.7. The molecule has 8 heteroatoms. The second-order valence-corrected chi connectivity index (χ2v) is 6.86. The number of carbonyl (C=O) groups is 1. The Morgan fingerprint density at radius 2 is 1.81 bits per heavy atom. The highest BCUT2D eigenvalue weighted by molar-refractivity contribution is 7.12. The van der Waals surface area contributed by atoms with E-state index in [9.17, 15) is 13.6 Å². The van der Waals surface area contributed by atoms with Gasteiger partial charge in [-0.2, -0.15) is 0 Å². The van der Waals surface area contributed by atoms with Gasteiger partial charge in [-0.1, -0.05) is 18.2 Å². The van der Waals surface area contributed by atoms with Gasteiger partial charge in [0.2, 0.25) is 0 Å². The molecule has 3 aromatic rings. The average Bonchev–Trinajstić information content (AvgIpc) is 3.01. The average molecular weight is 390 g/mol. The number of hydrogen-bond acceptors (Lipinski definition) is 5. The van der Waals surface area contributed by atoms with Crippen LogP contribution in [0.2, 0.25) is 0 Å². The van der Waals surface area contributed by atoms with E-state index in [1.807, 2.05) is 6.92 Å². The van der Waals surface area contributed by atoms with E-state index < -0.39 is 23.1 Å². The summed E-state index contributed by atoms with van der Waals surface area (Å²) in [4.78, 5) is 27.1. The van der Waals surface area contributed by atoms with Crippen molar-refractivity contribution in [2.45, 2.75) is 13.5 Å². The van der Waals surface area contributed by atoms with E-state index in [4.69, 9.17) is 4.89 Å². The minimum absolute atomic E-state index is 0.254. The first-order valence-corrected chi connectivity index (χ1v) is 8.79. The van der Waals surface area contributed by atoms with Crippen molar-refractivity contribution in [2.24, 2.45) is 0 Å². The molecule has 0 aliphatic heterocycles. The number of benzene rings is 2. The van der Waals surface area contributed by atoms with Crippen LogP contribution in [0, 0.1) is 18.6 Å². The molecule has 0 aliphatic rings. The lowest BCUT2D eigenvalue weighted by molar-refractivity contribution is -0.282. The second-order valence-electron chi connectivity index (χ2n) is 5.57. The molecule has 5 nitrogen and oxygen atoms in total. The van der Waals surface area contributed by atoms with Gasteiger partial charge in [0, 0.05) is 16.1 Å². The van der Waals surface area contributed by atoms with Gasteiger partial charge >= 0.3 is 0 Å². The third kappa shape index (κ3) is 4.36. The molecule has 0 aliphatic carbocycles. The number of halogens is 2. The molecule has 0 bridgehead atoms. The largest absolute Gasteiger partial charge is 0.322 e. The number of thiazole rings is 1. The highest BCUT2D eigenvalue weighted by Gasteiger charge is 2.17. The van der Waals surface area contributed by atoms with Crippen molar-refractivity contribution in [1.29, 1.82) is 0 Å². The van der Waals surface area contributed by atoms with E-state index in [2.05, 4.69) is 15.2 Å². The van der Waals surface area contributed by atoms with Crippen LogP contribution in [0.5, 0.6) is 0 Å². The Labute approximate surface area is 158 Å². The summed E-state index contributed by atoms with van der Waals surface area (Å²) in [6.07, 6.45) is 0. The summed E-state index contributed by atoms with van der Waals surface area (Å²) >= 11 is 1.50. The predicted octanol–water partition coefficient (Wildman–Crippen LogP) is 4.73. The number of carbonyl (C=O) groups excluding carboxylic acids is 1. The van der Waals surface area contributed by atoms with E-state index in [0.29, 0.717) is 5.69 Å². The topological polar surface area (TPSA) is 60.5 Å². The van der Waals surface area contributed by atoms with Gasteiger partial charge in [0.1, 0.15) is 28.8 Å². The standard InChI is InChI=1S/C19H16F2N2O3S/c1-11-18(23-16(27-11)10-26-25-2)12-6-8-13(9-7-12)22-19(24)17-14(20)4-3-5-15(17)21/h3-9H,10H2,1-2H3,(H,22,24). The summed E-state index contributed by atoms with van der Waals surface area (Å²) in [6, 6.07) is 10.1. The Balaban J connectivity index is 1.76. The molecule has 1 heterocycles. The van der Waals surface area contributed by atoms with E-state index in [-0.39, 0.29) is 6.61 Å². The second kappa shape index (κ2) is 8.34. The van der Waals surface area contributed by atoms with E-state index >= 15 is 0 Å². The molecule has 1 N–H and O–H groups in total. The minimum atomic E-state index is -0.909. The Hall–Kier alpha value is -2.68. The molecule has 0 saturated carbocycles. The van der Waals surface area contributed by atoms with Crippen molar-refractivity contribution in [3.05, 3.63) is 69.5 Å². The third-order valence-electron chi connectivity index (χ3n) is 3.75. The van der Waals surface area contributed by atoms with Crippen LogP contribution in [0.15, 0.2) is 42.5 Å². The van der Waals surface area contributed by atoms with E-state index in [1.54, 1.807) is 24.3 Å². The molecule has 0 atom stereocenters. The minimum Gasteiger partial charge on any atom is -0.322 e. The van der Waals surface area contributed by atoms with Crippen molar-refractivity contribution >= 4 is 22.9 Å². The van der Waals surface area contributed by atoms with Gasteiger partial charge in [0.15, 0.2) is 0 Å². The zero-order valence-electron chi connectivity index (χ0n) is 14.6. The van der Waals surface area contributed by atoms with Gasteiger partial charge in [0.25, 0.3) is 5.91 Å². The fraction of sp³-hybridized carbons (Fsp3) is 0.158. The number of nitrogens with one attached hydrogen (secondary N) is 1. The van der Waals surface area contributed by atoms with Gasteiger partial charge in [-0.25, -0.2) is 23.5 Å². The molecule has 27 heavy (non-hydrogen) atoms. The van der Waals surface area contributed by atoms with Crippen molar-refractivity contribution < 1.29 is 23.4 Å². The van der Waals surface area contributed by atoms with Gasteiger partial charge in [-0.3, -0.25) is 4.79 Å². The van der Waals surface area contributed by atoms with Gasteiger partial charge in [-0.15, -0.1) is 11.3 Å². The lowest BCUT2D eigenvalue weighted by atomic mass is 10.1. The Morgan fingerprint density at radius 3 is 2.44 bits per heavy atom. The highest BCUT2D eigenvalue weighted by Crippen LogP contribution is 2.29. The number of aryl methyl sites for hydroxylation is 1. The van der Waals surface area contributed by atoms with Gasteiger partial charge in [0.05, 0.1) is 12.8 Å². The zero-order valence-corrected chi connectivity index (χ0v) is 15.4. The molecule has 3 rings (SSSR count). The van der Waals surface area contributed by atoms with Crippen LogP contribution in [0.4, 0.5) is 14.5 Å². The van der Waals surface area contributed by atoms with Crippen LogP contribution in [0.25, 0.3) is 11.3 Å². The lowest BCUT2D eigenvalue weighted by Crippen LogP contribution is -2.15.